The molecule has 0 heterocycles. The van der Waals surface area contributed by atoms with E-state index < -0.39 is 5.91 Å². The van der Waals surface area contributed by atoms with E-state index in [1.807, 2.05) is 6.92 Å². The Labute approximate surface area is 107 Å². The predicted molar refractivity (Wildman–Crippen MR) is 71.9 cm³/mol. The van der Waals surface area contributed by atoms with Crippen molar-refractivity contribution in [2.75, 3.05) is 12.3 Å². The number of hydrogen-bond donors (Lipinski definition) is 2. The molecule has 0 radical (unpaired) electrons. The number of carbonyl (C=O) groups is 1. The minimum atomic E-state index is -0.482. The second-order valence-corrected chi connectivity index (χ2v) is 4.03. The Hall–Kier alpha value is -1.99. The average molecular weight is 246 g/mol. The van der Waals surface area contributed by atoms with Gasteiger partial charge < -0.3 is 16.2 Å². The van der Waals surface area contributed by atoms with Gasteiger partial charge in [-0.2, -0.15) is 0 Å². The quantitative estimate of drug-likeness (QED) is 0.587. The van der Waals surface area contributed by atoms with Gasteiger partial charge in [0.15, 0.2) is 0 Å². The fraction of sp³-hybridized carbons (Fsp3) is 0.357. The first-order valence-corrected chi connectivity index (χ1v) is 5.81. The van der Waals surface area contributed by atoms with Crippen molar-refractivity contribution in [1.29, 1.82) is 0 Å². The summed E-state index contributed by atoms with van der Waals surface area (Å²) in [5, 5.41) is 0. The van der Waals surface area contributed by atoms with Crippen molar-refractivity contribution in [3.8, 4) is 12.3 Å². The number of rotatable bonds is 6. The highest BCUT2D eigenvalue weighted by Crippen LogP contribution is 2.17. The number of primary amides is 1. The van der Waals surface area contributed by atoms with Gasteiger partial charge in [0.2, 0.25) is 5.91 Å². The zero-order valence-electron chi connectivity index (χ0n) is 10.5. The van der Waals surface area contributed by atoms with Crippen molar-refractivity contribution in [2.24, 2.45) is 5.73 Å². The summed E-state index contributed by atoms with van der Waals surface area (Å²) in [4.78, 5) is 11.4. The van der Waals surface area contributed by atoms with Gasteiger partial charge in [0.1, 0.15) is 6.61 Å². The molecule has 0 fully saturated rings. The Bertz CT molecular complexity index is 463. The Kier molecular flexibility index (Phi) is 5.22. The maximum Gasteiger partial charge on any atom is 0.249 e. The van der Waals surface area contributed by atoms with Gasteiger partial charge in [0.05, 0.1) is 6.10 Å². The van der Waals surface area contributed by atoms with E-state index in [4.69, 9.17) is 22.6 Å². The number of terminal acetylenes is 1. The molecule has 1 atom stereocenters. The molecule has 1 amide bonds. The van der Waals surface area contributed by atoms with Crippen LogP contribution >= 0.6 is 0 Å². The lowest BCUT2D eigenvalue weighted by Crippen LogP contribution is -2.20. The fourth-order valence-electron chi connectivity index (χ4n) is 1.73. The summed E-state index contributed by atoms with van der Waals surface area (Å²) in [6, 6.07) is 5.14. The van der Waals surface area contributed by atoms with E-state index in [1.54, 1.807) is 18.2 Å². The van der Waals surface area contributed by atoms with Crippen LogP contribution in [-0.2, 0) is 11.2 Å². The van der Waals surface area contributed by atoms with Gasteiger partial charge in [0.25, 0.3) is 0 Å². The number of hydrogen-bond acceptors (Lipinski definition) is 3. The monoisotopic (exact) mass is 246 g/mol. The van der Waals surface area contributed by atoms with Crippen LogP contribution in [-0.4, -0.2) is 18.6 Å². The van der Waals surface area contributed by atoms with Crippen LogP contribution in [0, 0.1) is 12.3 Å². The van der Waals surface area contributed by atoms with Crippen molar-refractivity contribution in [1.82, 2.24) is 0 Å². The Morgan fingerprint density at radius 2 is 2.28 bits per heavy atom. The summed E-state index contributed by atoms with van der Waals surface area (Å²) < 4.78 is 5.49. The third kappa shape index (κ3) is 3.79. The normalized spacial score (nSPS) is 11.8. The van der Waals surface area contributed by atoms with Crippen LogP contribution in [0.3, 0.4) is 0 Å². The van der Waals surface area contributed by atoms with Crippen molar-refractivity contribution in [3.63, 3.8) is 0 Å². The van der Waals surface area contributed by atoms with E-state index in [2.05, 4.69) is 5.92 Å². The lowest BCUT2D eigenvalue weighted by atomic mass is 9.99. The molecule has 18 heavy (non-hydrogen) atoms. The topological polar surface area (TPSA) is 78.3 Å². The summed E-state index contributed by atoms with van der Waals surface area (Å²) in [6.45, 7) is 2.27. The summed E-state index contributed by atoms with van der Waals surface area (Å²) in [5.74, 6) is 1.95. The summed E-state index contributed by atoms with van der Waals surface area (Å²) in [5.41, 5.74) is 12.8. The fourth-order valence-corrected chi connectivity index (χ4v) is 1.73. The molecule has 0 spiro atoms. The number of anilines is 1. The van der Waals surface area contributed by atoms with Gasteiger partial charge in [-0.25, -0.2) is 0 Å². The van der Waals surface area contributed by atoms with E-state index in [-0.39, 0.29) is 12.7 Å². The molecule has 1 rings (SSSR count). The summed E-state index contributed by atoms with van der Waals surface area (Å²) in [6.07, 6.45) is 6.54. The van der Waals surface area contributed by atoms with Crippen LogP contribution in [0.1, 0.15) is 29.3 Å². The molecule has 0 saturated heterocycles. The van der Waals surface area contributed by atoms with Gasteiger partial charge in [0, 0.05) is 11.3 Å². The van der Waals surface area contributed by atoms with Crippen molar-refractivity contribution in [2.45, 2.75) is 25.9 Å². The van der Waals surface area contributed by atoms with E-state index in [9.17, 15) is 4.79 Å². The second-order valence-electron chi connectivity index (χ2n) is 4.03. The molecule has 4 N–H and O–H groups in total. The number of ether oxygens (including phenoxy) is 1. The zero-order chi connectivity index (χ0) is 13.5. The van der Waals surface area contributed by atoms with E-state index in [0.717, 1.165) is 12.0 Å². The molecular formula is C14H18N2O2. The molecular weight excluding hydrogens is 228 g/mol. The second kappa shape index (κ2) is 6.67. The number of nitrogen functional groups attached to an aromatic ring is 1. The third-order valence-corrected chi connectivity index (χ3v) is 2.70. The summed E-state index contributed by atoms with van der Waals surface area (Å²) in [7, 11) is 0. The van der Waals surface area contributed by atoms with Crippen molar-refractivity contribution >= 4 is 11.6 Å². The molecule has 0 saturated carbocycles. The first kappa shape index (κ1) is 14.1. The molecule has 0 aliphatic heterocycles. The van der Waals surface area contributed by atoms with Gasteiger partial charge in [-0.1, -0.05) is 18.9 Å². The number of benzene rings is 1. The number of nitrogens with two attached hydrogens (primary N) is 2. The molecule has 4 heteroatoms. The lowest BCUT2D eigenvalue weighted by Gasteiger charge is -2.16. The molecule has 96 valence electrons. The first-order valence-electron chi connectivity index (χ1n) is 5.81. The first-order chi connectivity index (χ1) is 8.58. The molecule has 4 nitrogen and oxygen atoms in total. The highest BCUT2D eigenvalue weighted by molar-refractivity contribution is 5.95. The predicted octanol–water partition coefficient (Wildman–Crippen LogP) is 1.34. The van der Waals surface area contributed by atoms with Crippen LogP contribution < -0.4 is 11.5 Å². The van der Waals surface area contributed by atoms with Crippen LogP contribution in [0.15, 0.2) is 18.2 Å². The Balaban J connectivity index is 2.88. The highest BCUT2D eigenvalue weighted by atomic mass is 16.5. The van der Waals surface area contributed by atoms with E-state index in [1.165, 1.54) is 0 Å². The Morgan fingerprint density at radius 3 is 2.83 bits per heavy atom. The molecule has 0 bridgehead atoms. The molecule has 1 aromatic carbocycles. The maximum absolute atomic E-state index is 11.4. The molecule has 0 aliphatic rings. The van der Waals surface area contributed by atoms with E-state index in [0.29, 0.717) is 17.7 Å². The minimum absolute atomic E-state index is 0.0252. The number of carbonyl (C=O) groups excluding carboxylic acids is 1. The van der Waals surface area contributed by atoms with Gasteiger partial charge >= 0.3 is 0 Å². The van der Waals surface area contributed by atoms with Crippen molar-refractivity contribution in [3.05, 3.63) is 29.3 Å². The largest absolute Gasteiger partial charge is 0.399 e. The average Bonchev–Trinajstić information content (AvgIpc) is 2.35. The zero-order valence-corrected chi connectivity index (χ0v) is 10.5. The van der Waals surface area contributed by atoms with Crippen LogP contribution in [0.25, 0.3) is 0 Å². The van der Waals surface area contributed by atoms with Crippen LogP contribution in [0.2, 0.25) is 0 Å². The van der Waals surface area contributed by atoms with Gasteiger partial charge in [-0.05, 0) is 30.5 Å². The Morgan fingerprint density at radius 1 is 1.56 bits per heavy atom. The van der Waals surface area contributed by atoms with Crippen LogP contribution in [0.4, 0.5) is 5.69 Å². The SMILES string of the molecule is C#CCOC(CC)Cc1ccc(N)cc1C(N)=O. The summed E-state index contributed by atoms with van der Waals surface area (Å²) >= 11 is 0. The van der Waals surface area contributed by atoms with E-state index >= 15 is 0 Å². The van der Waals surface area contributed by atoms with Gasteiger partial charge in [-0.15, -0.1) is 6.42 Å². The lowest BCUT2D eigenvalue weighted by molar-refractivity contribution is 0.0752. The third-order valence-electron chi connectivity index (χ3n) is 2.70. The van der Waals surface area contributed by atoms with Crippen LogP contribution in [0.5, 0.6) is 0 Å². The smallest absolute Gasteiger partial charge is 0.249 e. The van der Waals surface area contributed by atoms with Gasteiger partial charge in [-0.3, -0.25) is 4.79 Å². The highest BCUT2D eigenvalue weighted by Gasteiger charge is 2.13. The number of amides is 1. The molecule has 1 unspecified atom stereocenters. The molecule has 1 aromatic rings. The van der Waals surface area contributed by atoms with Crippen molar-refractivity contribution < 1.29 is 9.53 Å². The minimum Gasteiger partial charge on any atom is -0.399 e. The maximum atomic E-state index is 11.4. The molecule has 0 aromatic heterocycles. The standard InChI is InChI=1S/C14H18N2O2/c1-3-7-18-12(4-2)8-10-5-6-11(15)9-13(10)14(16)17/h1,5-6,9,12H,4,7-8,15H2,2H3,(H2,16,17). The molecule has 0 aliphatic carbocycles.